The molecule has 5 nitrogen and oxygen atoms in total. The minimum atomic E-state index is -0.304. The number of hydrogen-bond acceptors (Lipinski definition) is 4. The van der Waals surface area contributed by atoms with E-state index in [9.17, 15) is 9.59 Å². The van der Waals surface area contributed by atoms with Crippen LogP contribution in [-0.4, -0.2) is 22.3 Å². The van der Waals surface area contributed by atoms with E-state index in [0.29, 0.717) is 23.7 Å². The van der Waals surface area contributed by atoms with E-state index in [0.717, 1.165) is 44.0 Å². The Morgan fingerprint density at radius 1 is 1.00 bits per heavy atom. The Labute approximate surface area is 210 Å². The van der Waals surface area contributed by atoms with Gasteiger partial charge < -0.3 is 9.30 Å². The molecule has 3 aromatic carbocycles. The third-order valence-electron chi connectivity index (χ3n) is 5.59. The molecule has 170 valence electrons. The third kappa shape index (κ3) is 4.54. The molecule has 0 aliphatic carbocycles. The molecule has 0 radical (unpaired) electrons. The summed E-state index contributed by atoms with van der Waals surface area (Å²) in [7, 11) is 0. The van der Waals surface area contributed by atoms with Crippen molar-refractivity contribution in [3.05, 3.63) is 99.5 Å². The first-order chi connectivity index (χ1) is 16.5. The lowest BCUT2D eigenvalue weighted by molar-refractivity contribution is -0.113. The van der Waals surface area contributed by atoms with Gasteiger partial charge in [-0.05, 0) is 67.2 Å². The van der Waals surface area contributed by atoms with Crippen molar-refractivity contribution in [3.63, 3.8) is 0 Å². The van der Waals surface area contributed by atoms with E-state index in [2.05, 4.69) is 20.5 Å². The standard InChI is InChI=1S/C27H21BrN2O3S/c1-18-7-10-21(11-8-18)30-26(31)25(34-27(30)32)15-19-17-29(24-12-9-20(28)16-23(19)24)13-14-33-22-5-3-2-4-6-22/h2-12,15-17H,13-14H2,1H3/b25-15-. The summed E-state index contributed by atoms with van der Waals surface area (Å²) in [6.07, 6.45) is 3.81. The van der Waals surface area contributed by atoms with Gasteiger partial charge in [-0.15, -0.1) is 0 Å². The molecule has 0 spiro atoms. The van der Waals surface area contributed by atoms with Gasteiger partial charge in [-0.2, -0.15) is 0 Å². The van der Waals surface area contributed by atoms with E-state index in [4.69, 9.17) is 4.74 Å². The number of rotatable bonds is 6. The first kappa shape index (κ1) is 22.5. The number of ether oxygens (including phenoxy) is 1. The number of fused-ring (bicyclic) bond motifs is 1. The molecule has 2 heterocycles. The van der Waals surface area contributed by atoms with Crippen molar-refractivity contribution >= 4 is 61.5 Å². The van der Waals surface area contributed by atoms with Crippen LogP contribution in [0.3, 0.4) is 0 Å². The number of carbonyl (C=O) groups excluding carboxylic acids is 2. The first-order valence-electron chi connectivity index (χ1n) is 10.8. The molecule has 1 aromatic heterocycles. The van der Waals surface area contributed by atoms with E-state index in [1.807, 2.05) is 79.9 Å². The van der Waals surface area contributed by atoms with Gasteiger partial charge in [-0.3, -0.25) is 9.59 Å². The smallest absolute Gasteiger partial charge is 0.298 e. The number of para-hydroxylation sites is 1. The molecule has 1 aliphatic rings. The number of imide groups is 1. The number of amides is 2. The average molecular weight is 533 g/mol. The summed E-state index contributed by atoms with van der Waals surface area (Å²) in [5.74, 6) is 0.522. The summed E-state index contributed by atoms with van der Waals surface area (Å²) in [6, 6.07) is 23.1. The number of aryl methyl sites for hydroxylation is 1. The molecule has 34 heavy (non-hydrogen) atoms. The lowest BCUT2D eigenvalue weighted by Crippen LogP contribution is -2.27. The van der Waals surface area contributed by atoms with Crippen molar-refractivity contribution < 1.29 is 14.3 Å². The van der Waals surface area contributed by atoms with Crippen molar-refractivity contribution in [3.8, 4) is 5.75 Å². The highest BCUT2D eigenvalue weighted by molar-refractivity contribution is 9.10. The maximum Gasteiger partial charge on any atom is 0.298 e. The van der Waals surface area contributed by atoms with Gasteiger partial charge in [-0.25, -0.2) is 4.90 Å². The normalized spacial score (nSPS) is 15.0. The molecular weight excluding hydrogens is 512 g/mol. The maximum atomic E-state index is 13.1. The van der Waals surface area contributed by atoms with Crippen LogP contribution in [0.1, 0.15) is 11.1 Å². The minimum Gasteiger partial charge on any atom is -0.492 e. The Bertz CT molecular complexity index is 1410. The number of carbonyl (C=O) groups is 2. The fourth-order valence-electron chi connectivity index (χ4n) is 3.90. The number of benzene rings is 3. The SMILES string of the molecule is Cc1ccc(N2C(=O)S/C(=C\c3cn(CCOc4ccccc4)c4ccc(Br)cc34)C2=O)cc1. The van der Waals surface area contributed by atoms with Gasteiger partial charge in [-0.1, -0.05) is 51.8 Å². The molecule has 2 amide bonds. The Hall–Kier alpha value is -3.29. The van der Waals surface area contributed by atoms with Crippen molar-refractivity contribution in [2.75, 3.05) is 11.5 Å². The van der Waals surface area contributed by atoms with E-state index >= 15 is 0 Å². The van der Waals surface area contributed by atoms with Gasteiger partial charge in [0.1, 0.15) is 12.4 Å². The average Bonchev–Trinajstić information content (AvgIpc) is 3.31. The van der Waals surface area contributed by atoms with Gasteiger partial charge in [0.15, 0.2) is 0 Å². The van der Waals surface area contributed by atoms with Crippen LogP contribution in [0.15, 0.2) is 88.4 Å². The Morgan fingerprint density at radius 2 is 1.76 bits per heavy atom. The van der Waals surface area contributed by atoms with Crippen LogP contribution in [0, 0.1) is 6.92 Å². The van der Waals surface area contributed by atoms with Gasteiger partial charge in [0.2, 0.25) is 0 Å². The molecule has 0 bridgehead atoms. The van der Waals surface area contributed by atoms with Gasteiger partial charge in [0.25, 0.3) is 11.1 Å². The molecule has 1 aliphatic heterocycles. The highest BCUT2D eigenvalue weighted by Gasteiger charge is 2.36. The number of thioether (sulfide) groups is 1. The maximum absolute atomic E-state index is 13.1. The molecule has 1 saturated heterocycles. The molecule has 5 rings (SSSR count). The third-order valence-corrected chi connectivity index (χ3v) is 6.95. The summed E-state index contributed by atoms with van der Waals surface area (Å²) in [5.41, 5.74) is 3.56. The Morgan fingerprint density at radius 3 is 2.53 bits per heavy atom. The van der Waals surface area contributed by atoms with E-state index in [1.54, 1.807) is 12.1 Å². The summed E-state index contributed by atoms with van der Waals surface area (Å²) in [5, 5.41) is 0.706. The second kappa shape index (κ2) is 9.52. The van der Waals surface area contributed by atoms with Crippen molar-refractivity contribution in [2.24, 2.45) is 0 Å². The van der Waals surface area contributed by atoms with E-state index < -0.39 is 0 Å². The molecule has 0 saturated carbocycles. The van der Waals surface area contributed by atoms with Crippen LogP contribution in [-0.2, 0) is 11.3 Å². The summed E-state index contributed by atoms with van der Waals surface area (Å²) in [4.78, 5) is 27.4. The molecule has 0 N–H and O–H groups in total. The Kier molecular flexibility index (Phi) is 6.30. The topological polar surface area (TPSA) is 51.5 Å². The fraction of sp³-hybridized carbons (Fsp3) is 0.111. The molecule has 0 atom stereocenters. The van der Waals surface area contributed by atoms with Crippen molar-refractivity contribution in [1.29, 1.82) is 0 Å². The zero-order valence-corrected chi connectivity index (χ0v) is 20.8. The first-order valence-corrected chi connectivity index (χ1v) is 12.4. The van der Waals surface area contributed by atoms with Gasteiger partial charge in [0, 0.05) is 27.1 Å². The van der Waals surface area contributed by atoms with Crippen LogP contribution in [0.25, 0.3) is 17.0 Å². The molecule has 7 heteroatoms. The van der Waals surface area contributed by atoms with Crippen LogP contribution in [0.4, 0.5) is 10.5 Å². The van der Waals surface area contributed by atoms with Crippen LogP contribution >= 0.6 is 27.7 Å². The predicted molar refractivity (Wildman–Crippen MR) is 141 cm³/mol. The monoisotopic (exact) mass is 532 g/mol. The summed E-state index contributed by atoms with van der Waals surface area (Å²) < 4.78 is 8.93. The molecule has 4 aromatic rings. The molecule has 1 fully saturated rings. The van der Waals surface area contributed by atoms with Crippen LogP contribution in [0.2, 0.25) is 0 Å². The number of nitrogens with zero attached hydrogens (tertiary/aromatic N) is 2. The lowest BCUT2D eigenvalue weighted by Gasteiger charge is -2.12. The van der Waals surface area contributed by atoms with Gasteiger partial charge >= 0.3 is 0 Å². The molecule has 0 unspecified atom stereocenters. The van der Waals surface area contributed by atoms with E-state index in [-0.39, 0.29) is 11.1 Å². The number of anilines is 1. The number of aromatic nitrogens is 1. The van der Waals surface area contributed by atoms with Gasteiger partial charge in [0.05, 0.1) is 17.1 Å². The quantitative estimate of drug-likeness (QED) is 0.250. The zero-order valence-electron chi connectivity index (χ0n) is 18.4. The Balaban J connectivity index is 1.44. The number of halogens is 1. The van der Waals surface area contributed by atoms with Crippen molar-refractivity contribution in [1.82, 2.24) is 4.57 Å². The lowest BCUT2D eigenvalue weighted by atomic mass is 10.1. The van der Waals surface area contributed by atoms with E-state index in [1.165, 1.54) is 4.90 Å². The summed E-state index contributed by atoms with van der Waals surface area (Å²) >= 11 is 4.52. The van der Waals surface area contributed by atoms with Crippen LogP contribution < -0.4 is 9.64 Å². The van der Waals surface area contributed by atoms with Crippen LogP contribution in [0.5, 0.6) is 5.75 Å². The molecular formula is C27H21BrN2O3S. The van der Waals surface area contributed by atoms with Crippen molar-refractivity contribution in [2.45, 2.75) is 13.5 Å². The predicted octanol–water partition coefficient (Wildman–Crippen LogP) is 7.03. The largest absolute Gasteiger partial charge is 0.492 e. The summed E-state index contributed by atoms with van der Waals surface area (Å²) in [6.45, 7) is 3.12. The zero-order chi connectivity index (χ0) is 23.7. The fourth-order valence-corrected chi connectivity index (χ4v) is 5.09. The minimum absolute atomic E-state index is 0.290. The highest BCUT2D eigenvalue weighted by atomic mass is 79.9. The highest BCUT2D eigenvalue weighted by Crippen LogP contribution is 2.37. The number of hydrogen-bond donors (Lipinski definition) is 0. The second-order valence-corrected chi connectivity index (χ2v) is 9.86. The second-order valence-electron chi connectivity index (χ2n) is 7.95.